The zero-order valence-electron chi connectivity index (χ0n) is 10.5. The van der Waals surface area contributed by atoms with Gasteiger partial charge in [0.05, 0.1) is 0 Å². The Hall–Kier alpha value is -1.32. The summed E-state index contributed by atoms with van der Waals surface area (Å²) in [5.41, 5.74) is 0. The highest BCUT2D eigenvalue weighted by atomic mass is 15.1. The van der Waals surface area contributed by atoms with Gasteiger partial charge < -0.3 is 10.6 Å². The zero-order chi connectivity index (χ0) is 11.8. The molecular weight excluding hydrogens is 212 g/mol. The predicted molar refractivity (Wildman–Crippen MR) is 69.4 cm³/mol. The molecule has 0 radical (unpaired) electrons. The maximum Gasteiger partial charge on any atom is 0.136 e. The van der Waals surface area contributed by atoms with E-state index in [0.717, 1.165) is 23.4 Å². The first kappa shape index (κ1) is 10.8. The third kappa shape index (κ3) is 2.51. The molecule has 92 valence electrons. The average molecular weight is 232 g/mol. The molecule has 4 heteroatoms. The predicted octanol–water partition coefficient (Wildman–Crippen LogP) is 2.61. The molecule has 0 spiro atoms. The number of nitrogens with zero attached hydrogens (tertiary/aromatic N) is 2. The molecule has 0 aromatic carbocycles. The topological polar surface area (TPSA) is 49.8 Å². The monoisotopic (exact) mass is 232 g/mol. The van der Waals surface area contributed by atoms with Crippen molar-refractivity contribution in [2.45, 2.75) is 44.6 Å². The van der Waals surface area contributed by atoms with Gasteiger partial charge in [-0.05, 0) is 38.5 Å². The Morgan fingerprint density at radius 2 is 1.88 bits per heavy atom. The lowest BCUT2D eigenvalue weighted by molar-refractivity contribution is 0.689. The van der Waals surface area contributed by atoms with Crippen LogP contribution in [0.15, 0.2) is 6.07 Å². The van der Waals surface area contributed by atoms with Crippen molar-refractivity contribution in [2.75, 3.05) is 17.7 Å². The number of hydrogen-bond donors (Lipinski definition) is 2. The molecule has 17 heavy (non-hydrogen) atoms. The van der Waals surface area contributed by atoms with Crippen molar-refractivity contribution in [3.8, 4) is 0 Å². The maximum absolute atomic E-state index is 4.63. The van der Waals surface area contributed by atoms with Crippen LogP contribution in [0.1, 0.15) is 44.3 Å². The van der Waals surface area contributed by atoms with E-state index in [2.05, 4.69) is 27.5 Å². The highest BCUT2D eigenvalue weighted by molar-refractivity contribution is 5.48. The van der Waals surface area contributed by atoms with Gasteiger partial charge in [-0.25, -0.2) is 9.97 Å². The second kappa shape index (κ2) is 4.17. The van der Waals surface area contributed by atoms with Crippen LogP contribution in [-0.4, -0.2) is 23.1 Å². The van der Waals surface area contributed by atoms with Gasteiger partial charge >= 0.3 is 0 Å². The summed E-state index contributed by atoms with van der Waals surface area (Å²) in [6, 6.07) is 2.53. The smallest absolute Gasteiger partial charge is 0.136 e. The molecule has 1 atom stereocenters. The lowest BCUT2D eigenvalue weighted by atomic mass is 10.2. The zero-order valence-corrected chi connectivity index (χ0v) is 10.5. The molecule has 0 saturated heterocycles. The molecule has 4 nitrogen and oxygen atoms in total. The van der Waals surface area contributed by atoms with Crippen LogP contribution in [0.25, 0.3) is 0 Å². The maximum atomic E-state index is 4.63. The lowest BCUT2D eigenvalue weighted by Gasteiger charge is -2.15. The van der Waals surface area contributed by atoms with Crippen LogP contribution in [-0.2, 0) is 0 Å². The quantitative estimate of drug-likeness (QED) is 0.819. The molecule has 0 aliphatic heterocycles. The van der Waals surface area contributed by atoms with Gasteiger partial charge in [-0.3, -0.25) is 0 Å². The van der Waals surface area contributed by atoms with Crippen LogP contribution in [0.2, 0.25) is 0 Å². The highest BCUT2D eigenvalue weighted by Crippen LogP contribution is 2.39. The lowest BCUT2D eigenvalue weighted by Crippen LogP contribution is -2.19. The van der Waals surface area contributed by atoms with E-state index in [4.69, 9.17) is 0 Å². The van der Waals surface area contributed by atoms with Gasteiger partial charge in [-0.2, -0.15) is 0 Å². The minimum Gasteiger partial charge on any atom is -0.373 e. The van der Waals surface area contributed by atoms with Crippen LogP contribution >= 0.6 is 0 Å². The number of nitrogens with one attached hydrogen (secondary N) is 2. The standard InChI is InChI=1S/C13H20N4/c1-8(9-3-4-9)15-12-7-11(14-2)16-13(17-12)10-5-6-10/h7-10H,3-6H2,1-2H3,(H2,14,15,16,17). The first-order valence-corrected chi connectivity index (χ1v) is 6.59. The van der Waals surface area contributed by atoms with E-state index < -0.39 is 0 Å². The van der Waals surface area contributed by atoms with Gasteiger partial charge in [0.2, 0.25) is 0 Å². The van der Waals surface area contributed by atoms with Crippen molar-refractivity contribution in [3.05, 3.63) is 11.9 Å². The van der Waals surface area contributed by atoms with Crippen molar-refractivity contribution in [2.24, 2.45) is 5.92 Å². The van der Waals surface area contributed by atoms with Crippen LogP contribution < -0.4 is 10.6 Å². The van der Waals surface area contributed by atoms with E-state index in [1.165, 1.54) is 25.7 Å². The molecule has 1 aromatic rings. The van der Waals surface area contributed by atoms with E-state index in [0.29, 0.717) is 12.0 Å². The van der Waals surface area contributed by atoms with E-state index >= 15 is 0 Å². The molecule has 2 N–H and O–H groups in total. The van der Waals surface area contributed by atoms with Crippen molar-refractivity contribution in [1.29, 1.82) is 0 Å². The first-order chi connectivity index (χ1) is 8.26. The Morgan fingerprint density at radius 1 is 1.18 bits per heavy atom. The summed E-state index contributed by atoms with van der Waals surface area (Å²) in [6.45, 7) is 2.25. The highest BCUT2D eigenvalue weighted by Gasteiger charge is 2.30. The van der Waals surface area contributed by atoms with Gasteiger partial charge in [0.25, 0.3) is 0 Å². The average Bonchev–Trinajstić information content (AvgIpc) is 3.20. The fourth-order valence-corrected chi connectivity index (χ4v) is 2.14. The van der Waals surface area contributed by atoms with Gasteiger partial charge in [-0.1, -0.05) is 0 Å². The van der Waals surface area contributed by atoms with Gasteiger partial charge in [0, 0.05) is 25.1 Å². The van der Waals surface area contributed by atoms with Crippen LogP contribution in [0.5, 0.6) is 0 Å². The fourth-order valence-electron chi connectivity index (χ4n) is 2.14. The molecule has 2 aliphatic carbocycles. The summed E-state index contributed by atoms with van der Waals surface area (Å²) in [5, 5.41) is 6.63. The number of rotatable bonds is 5. The molecule has 2 fully saturated rings. The van der Waals surface area contributed by atoms with Crippen molar-refractivity contribution in [3.63, 3.8) is 0 Å². The van der Waals surface area contributed by atoms with Gasteiger partial charge in [0.1, 0.15) is 17.5 Å². The molecule has 0 amide bonds. The Morgan fingerprint density at radius 3 is 2.47 bits per heavy atom. The molecular formula is C13H20N4. The van der Waals surface area contributed by atoms with Gasteiger partial charge in [-0.15, -0.1) is 0 Å². The molecule has 1 heterocycles. The summed E-state index contributed by atoms with van der Waals surface area (Å²) < 4.78 is 0. The summed E-state index contributed by atoms with van der Waals surface area (Å²) in [6.07, 6.45) is 5.19. The molecule has 2 saturated carbocycles. The second-order valence-electron chi connectivity index (χ2n) is 5.29. The van der Waals surface area contributed by atoms with Crippen LogP contribution in [0.3, 0.4) is 0 Å². The second-order valence-corrected chi connectivity index (χ2v) is 5.29. The Labute approximate surface area is 102 Å². The fraction of sp³-hybridized carbons (Fsp3) is 0.692. The summed E-state index contributed by atoms with van der Waals surface area (Å²) in [7, 11) is 1.91. The first-order valence-electron chi connectivity index (χ1n) is 6.59. The minimum atomic E-state index is 0.529. The van der Waals surface area contributed by atoms with E-state index in [1.54, 1.807) is 0 Å². The van der Waals surface area contributed by atoms with Crippen molar-refractivity contribution < 1.29 is 0 Å². The van der Waals surface area contributed by atoms with E-state index in [1.807, 2.05) is 13.1 Å². The van der Waals surface area contributed by atoms with Crippen molar-refractivity contribution in [1.82, 2.24) is 9.97 Å². The van der Waals surface area contributed by atoms with E-state index in [9.17, 15) is 0 Å². The molecule has 1 aromatic heterocycles. The normalized spacial score (nSPS) is 21.1. The molecule has 3 rings (SSSR count). The Balaban J connectivity index is 1.78. The number of hydrogen-bond acceptors (Lipinski definition) is 4. The van der Waals surface area contributed by atoms with Gasteiger partial charge in [0.15, 0.2) is 0 Å². The van der Waals surface area contributed by atoms with E-state index in [-0.39, 0.29) is 0 Å². The Kier molecular flexibility index (Phi) is 2.65. The largest absolute Gasteiger partial charge is 0.373 e. The molecule has 0 bridgehead atoms. The van der Waals surface area contributed by atoms with Crippen LogP contribution in [0, 0.1) is 5.92 Å². The number of anilines is 2. The Bertz CT molecular complexity index is 410. The van der Waals surface area contributed by atoms with Crippen LogP contribution in [0.4, 0.5) is 11.6 Å². The summed E-state index contributed by atoms with van der Waals surface area (Å²) >= 11 is 0. The third-order valence-corrected chi connectivity index (χ3v) is 3.65. The molecule has 2 aliphatic rings. The third-order valence-electron chi connectivity index (χ3n) is 3.65. The SMILES string of the molecule is CNc1cc(NC(C)C2CC2)nc(C2CC2)n1. The molecule has 1 unspecified atom stereocenters. The number of aromatic nitrogens is 2. The minimum absolute atomic E-state index is 0.529. The summed E-state index contributed by atoms with van der Waals surface area (Å²) in [4.78, 5) is 9.15. The summed E-state index contributed by atoms with van der Waals surface area (Å²) in [5.74, 6) is 4.34. The van der Waals surface area contributed by atoms with Crippen molar-refractivity contribution >= 4 is 11.6 Å².